The Kier molecular flexibility index (Phi) is 5.33. The molecule has 1 aromatic heterocycles. The SMILES string of the molecule is O=C(C=C1SC(=O)NC1=O)Nc1ncc(Cc2cccc(C(F)(F)F)c2)s1. The average molecular weight is 413 g/mol. The van der Waals surface area contributed by atoms with Crippen molar-refractivity contribution < 1.29 is 27.6 Å². The molecule has 2 N–H and O–H groups in total. The number of thiazole rings is 1. The van der Waals surface area contributed by atoms with Gasteiger partial charge in [0.15, 0.2) is 5.13 Å². The lowest BCUT2D eigenvalue weighted by Gasteiger charge is -2.07. The van der Waals surface area contributed by atoms with Gasteiger partial charge in [0.2, 0.25) is 0 Å². The Balaban J connectivity index is 1.65. The van der Waals surface area contributed by atoms with Gasteiger partial charge in [0.25, 0.3) is 17.1 Å². The minimum atomic E-state index is -4.41. The molecule has 1 saturated heterocycles. The molecule has 140 valence electrons. The van der Waals surface area contributed by atoms with E-state index in [2.05, 4.69) is 10.3 Å². The number of alkyl halides is 3. The van der Waals surface area contributed by atoms with E-state index in [4.69, 9.17) is 0 Å². The topological polar surface area (TPSA) is 88.2 Å². The van der Waals surface area contributed by atoms with E-state index in [1.165, 1.54) is 12.3 Å². The third-order valence-corrected chi connectivity index (χ3v) is 5.04. The Morgan fingerprint density at radius 3 is 2.74 bits per heavy atom. The van der Waals surface area contributed by atoms with Crippen molar-refractivity contribution in [2.75, 3.05) is 5.32 Å². The summed E-state index contributed by atoms with van der Waals surface area (Å²) in [6.07, 6.45) is -1.75. The van der Waals surface area contributed by atoms with Crippen molar-refractivity contribution in [2.24, 2.45) is 0 Å². The number of benzene rings is 1. The van der Waals surface area contributed by atoms with Crippen LogP contribution in [0.4, 0.5) is 23.1 Å². The van der Waals surface area contributed by atoms with Gasteiger partial charge in [-0.3, -0.25) is 25.0 Å². The summed E-state index contributed by atoms with van der Waals surface area (Å²) >= 11 is 1.72. The number of amides is 3. The number of carbonyl (C=O) groups is 3. The second-order valence-electron chi connectivity index (χ2n) is 5.35. The van der Waals surface area contributed by atoms with Crippen LogP contribution in [-0.4, -0.2) is 22.0 Å². The molecule has 0 radical (unpaired) electrons. The molecule has 1 aromatic carbocycles. The molecular formula is C16H10F3N3O3S2. The maximum atomic E-state index is 12.8. The number of thioether (sulfide) groups is 1. The molecule has 0 atom stereocenters. The van der Waals surface area contributed by atoms with Crippen molar-refractivity contribution >= 4 is 45.3 Å². The van der Waals surface area contributed by atoms with Crippen molar-refractivity contribution in [3.8, 4) is 0 Å². The van der Waals surface area contributed by atoms with Crippen LogP contribution in [0, 0.1) is 0 Å². The van der Waals surface area contributed by atoms with Crippen LogP contribution in [0.25, 0.3) is 0 Å². The fourth-order valence-electron chi connectivity index (χ4n) is 2.19. The summed E-state index contributed by atoms with van der Waals surface area (Å²) < 4.78 is 38.3. The van der Waals surface area contributed by atoms with E-state index in [9.17, 15) is 27.6 Å². The van der Waals surface area contributed by atoms with Crippen LogP contribution in [0.3, 0.4) is 0 Å². The smallest absolute Gasteiger partial charge is 0.298 e. The molecule has 0 unspecified atom stereocenters. The third-order valence-electron chi connectivity index (χ3n) is 3.32. The number of hydrogen-bond donors (Lipinski definition) is 2. The number of nitrogens with zero attached hydrogens (tertiary/aromatic N) is 1. The average Bonchev–Trinajstić information content (AvgIpc) is 3.13. The number of halogens is 3. The zero-order chi connectivity index (χ0) is 19.6. The monoisotopic (exact) mass is 413 g/mol. The molecule has 0 bridgehead atoms. The normalized spacial score (nSPS) is 15.9. The zero-order valence-corrected chi connectivity index (χ0v) is 14.9. The predicted molar refractivity (Wildman–Crippen MR) is 94.2 cm³/mol. The number of rotatable bonds is 4. The van der Waals surface area contributed by atoms with Crippen LogP contribution < -0.4 is 10.6 Å². The van der Waals surface area contributed by atoms with Crippen LogP contribution in [0.15, 0.2) is 41.4 Å². The van der Waals surface area contributed by atoms with E-state index in [0.29, 0.717) is 22.2 Å². The second-order valence-corrected chi connectivity index (χ2v) is 7.48. The summed E-state index contributed by atoms with van der Waals surface area (Å²) in [5, 5.41) is 4.15. The first kappa shape index (κ1) is 19.1. The fourth-order valence-corrected chi connectivity index (χ4v) is 3.69. The number of imide groups is 1. The highest BCUT2D eigenvalue weighted by molar-refractivity contribution is 8.18. The van der Waals surface area contributed by atoms with Gasteiger partial charge < -0.3 is 0 Å². The highest BCUT2D eigenvalue weighted by Gasteiger charge is 2.30. The van der Waals surface area contributed by atoms with Crippen LogP contribution in [0.2, 0.25) is 0 Å². The van der Waals surface area contributed by atoms with Crippen molar-refractivity contribution in [3.63, 3.8) is 0 Å². The lowest BCUT2D eigenvalue weighted by molar-refractivity contribution is -0.137. The largest absolute Gasteiger partial charge is 0.416 e. The maximum Gasteiger partial charge on any atom is 0.416 e. The Hall–Kier alpha value is -2.66. The fraction of sp³-hybridized carbons (Fsp3) is 0.125. The van der Waals surface area contributed by atoms with Gasteiger partial charge in [-0.2, -0.15) is 13.2 Å². The molecule has 1 aliphatic rings. The molecule has 1 aliphatic heterocycles. The first-order valence-electron chi connectivity index (χ1n) is 7.37. The van der Waals surface area contributed by atoms with E-state index in [0.717, 1.165) is 29.5 Å². The Bertz CT molecular complexity index is 954. The van der Waals surface area contributed by atoms with Crippen molar-refractivity contribution in [1.29, 1.82) is 0 Å². The Morgan fingerprint density at radius 1 is 1.30 bits per heavy atom. The van der Waals surface area contributed by atoms with Gasteiger partial charge in [-0.1, -0.05) is 18.2 Å². The first-order chi connectivity index (χ1) is 12.7. The van der Waals surface area contributed by atoms with Gasteiger partial charge in [0.05, 0.1) is 10.5 Å². The molecule has 0 saturated carbocycles. The lowest BCUT2D eigenvalue weighted by Crippen LogP contribution is -2.18. The summed E-state index contributed by atoms with van der Waals surface area (Å²) in [5.41, 5.74) is -0.266. The molecular weight excluding hydrogens is 403 g/mol. The molecule has 0 spiro atoms. The minimum absolute atomic E-state index is 0.0294. The molecule has 0 aliphatic carbocycles. The number of hydrogen-bond acceptors (Lipinski definition) is 6. The number of nitrogens with one attached hydrogen (secondary N) is 2. The van der Waals surface area contributed by atoms with Crippen molar-refractivity contribution in [1.82, 2.24) is 10.3 Å². The van der Waals surface area contributed by atoms with Crippen LogP contribution >= 0.6 is 23.1 Å². The second kappa shape index (κ2) is 7.53. The molecule has 2 heterocycles. The third kappa shape index (κ3) is 4.95. The van der Waals surface area contributed by atoms with Crippen molar-refractivity contribution in [3.05, 3.63) is 57.4 Å². The van der Waals surface area contributed by atoms with Gasteiger partial charge in [-0.25, -0.2) is 4.98 Å². The van der Waals surface area contributed by atoms with Gasteiger partial charge in [0.1, 0.15) is 0 Å². The molecule has 27 heavy (non-hydrogen) atoms. The maximum absolute atomic E-state index is 12.8. The predicted octanol–water partition coefficient (Wildman–Crippen LogP) is 3.56. The summed E-state index contributed by atoms with van der Waals surface area (Å²) in [6.45, 7) is 0. The first-order valence-corrected chi connectivity index (χ1v) is 9.01. The molecule has 3 amide bonds. The van der Waals surface area contributed by atoms with Crippen molar-refractivity contribution in [2.45, 2.75) is 12.6 Å². The number of aromatic nitrogens is 1. The van der Waals surface area contributed by atoms with Gasteiger partial charge >= 0.3 is 6.18 Å². The minimum Gasteiger partial charge on any atom is -0.298 e. The summed E-state index contributed by atoms with van der Waals surface area (Å²) in [4.78, 5) is 38.9. The molecule has 6 nitrogen and oxygen atoms in total. The van der Waals surface area contributed by atoms with Gasteiger partial charge in [0, 0.05) is 23.6 Å². The van der Waals surface area contributed by atoms with Gasteiger partial charge in [-0.05, 0) is 23.4 Å². The van der Waals surface area contributed by atoms with E-state index < -0.39 is 28.8 Å². The highest BCUT2D eigenvalue weighted by Crippen LogP contribution is 2.30. The van der Waals surface area contributed by atoms with E-state index in [1.54, 1.807) is 6.07 Å². The molecule has 11 heteroatoms. The Labute approximate surface area is 158 Å². The van der Waals surface area contributed by atoms with Crippen LogP contribution in [-0.2, 0) is 22.2 Å². The zero-order valence-electron chi connectivity index (χ0n) is 13.3. The number of carbonyl (C=O) groups excluding carboxylic acids is 3. The number of anilines is 1. The molecule has 2 aromatic rings. The lowest BCUT2D eigenvalue weighted by atomic mass is 10.1. The quantitative estimate of drug-likeness (QED) is 0.749. The summed E-state index contributed by atoms with van der Waals surface area (Å²) in [7, 11) is 0. The van der Waals surface area contributed by atoms with E-state index in [1.807, 2.05) is 5.32 Å². The molecule has 1 fully saturated rings. The van der Waals surface area contributed by atoms with E-state index >= 15 is 0 Å². The van der Waals surface area contributed by atoms with Crippen LogP contribution in [0.5, 0.6) is 0 Å². The standard InChI is InChI=1S/C16H10F3N3O3S2/c17-16(18,19)9-3-1-2-8(4-9)5-10-7-20-14(26-10)21-12(23)6-11-13(24)22-15(25)27-11/h1-4,6-7H,5H2,(H,20,21,23)(H,22,24,25). The van der Waals surface area contributed by atoms with Crippen LogP contribution in [0.1, 0.15) is 16.0 Å². The molecule has 3 rings (SSSR count). The summed E-state index contributed by atoms with van der Waals surface area (Å²) in [6, 6.07) is 4.97. The highest BCUT2D eigenvalue weighted by atomic mass is 32.2. The van der Waals surface area contributed by atoms with Gasteiger partial charge in [-0.15, -0.1) is 11.3 Å². The Morgan fingerprint density at radius 2 is 2.07 bits per heavy atom. The van der Waals surface area contributed by atoms with E-state index in [-0.39, 0.29) is 16.5 Å². The summed E-state index contributed by atoms with van der Waals surface area (Å²) in [5.74, 6) is -1.29.